The summed E-state index contributed by atoms with van der Waals surface area (Å²) in [4.78, 5) is 0. The fourth-order valence-electron chi connectivity index (χ4n) is 3.33. The van der Waals surface area contributed by atoms with E-state index in [1.165, 1.54) is 0 Å². The average Bonchev–Trinajstić information content (AvgIpc) is 2.67. The summed E-state index contributed by atoms with van der Waals surface area (Å²) in [6, 6.07) is 0. The van der Waals surface area contributed by atoms with Gasteiger partial charge < -0.3 is 29.2 Å². The van der Waals surface area contributed by atoms with Crippen LogP contribution < -0.4 is 0 Å². The van der Waals surface area contributed by atoms with Crippen molar-refractivity contribution in [3.63, 3.8) is 0 Å². The van der Waals surface area contributed by atoms with Gasteiger partial charge in [-0.1, -0.05) is 59.3 Å². The fraction of sp³-hybridized carbons (Fsp3) is 1.00. The third-order valence-corrected chi connectivity index (χ3v) is 4.96. The van der Waals surface area contributed by atoms with Crippen LogP contribution in [0.25, 0.3) is 0 Å². The molecule has 1 aliphatic rings. The predicted molar refractivity (Wildman–Crippen MR) is 106 cm³/mol. The van der Waals surface area contributed by atoms with Gasteiger partial charge in [0, 0.05) is 19.8 Å². The summed E-state index contributed by atoms with van der Waals surface area (Å²) < 4.78 is 23.8. The maximum absolute atomic E-state index is 10.4. The summed E-state index contributed by atoms with van der Waals surface area (Å²) in [7, 11) is 0. The lowest BCUT2D eigenvalue weighted by molar-refractivity contribution is -0.310. The van der Waals surface area contributed by atoms with Crippen LogP contribution in [0.4, 0.5) is 0 Å². The highest BCUT2D eigenvalue weighted by Gasteiger charge is 2.47. The summed E-state index contributed by atoms with van der Waals surface area (Å²) in [5.41, 5.74) is 0. The van der Waals surface area contributed by atoms with Crippen molar-refractivity contribution in [2.45, 2.75) is 109 Å². The number of hydrogen-bond donors (Lipinski definition) is 2. The molecule has 0 bridgehead atoms. The van der Waals surface area contributed by atoms with E-state index in [-0.39, 0.29) is 6.61 Å². The first-order valence-electron chi connectivity index (χ1n) is 11.0. The molecule has 1 saturated heterocycles. The molecule has 1 fully saturated rings. The fourth-order valence-corrected chi connectivity index (χ4v) is 3.33. The van der Waals surface area contributed by atoms with Gasteiger partial charge in [-0.25, -0.2) is 0 Å². The van der Waals surface area contributed by atoms with Crippen LogP contribution in [0.2, 0.25) is 0 Å². The number of aliphatic hydroxyl groups excluding tert-OH is 2. The molecule has 6 nitrogen and oxygen atoms in total. The van der Waals surface area contributed by atoms with Gasteiger partial charge in [-0.05, 0) is 19.3 Å². The molecule has 0 unspecified atom stereocenters. The average molecular weight is 391 g/mol. The highest BCUT2D eigenvalue weighted by Crippen LogP contribution is 2.28. The second-order valence-corrected chi connectivity index (χ2v) is 7.38. The molecule has 1 rings (SSSR count). The Labute approximate surface area is 165 Å². The zero-order valence-corrected chi connectivity index (χ0v) is 17.6. The molecule has 0 aliphatic carbocycles. The SMILES string of the molecule is CCCCCO[C@@H]1[C@@H](OCCCCC)[C@H](O)O[C@H](CO)[C@H]1OCCCCC. The van der Waals surface area contributed by atoms with E-state index >= 15 is 0 Å². The number of rotatable bonds is 16. The summed E-state index contributed by atoms with van der Waals surface area (Å²) in [6.07, 6.45) is 6.29. The standard InChI is InChI=1S/C21H42O6/c1-4-7-10-13-24-18-17(16-22)27-21(23)20(26-15-12-9-6-3)19(18)25-14-11-8-5-2/h17-23H,4-16H2,1-3H3/t17-,18-,19+,20-,21-/m1/s1. The van der Waals surface area contributed by atoms with E-state index in [1.54, 1.807) is 0 Å². The van der Waals surface area contributed by atoms with Gasteiger partial charge in [0.05, 0.1) is 6.61 Å². The van der Waals surface area contributed by atoms with Crippen LogP contribution in [0, 0.1) is 0 Å². The topological polar surface area (TPSA) is 77.4 Å². The van der Waals surface area contributed by atoms with Gasteiger partial charge in [0.25, 0.3) is 0 Å². The van der Waals surface area contributed by atoms with Crippen LogP contribution in [0.5, 0.6) is 0 Å². The molecular weight excluding hydrogens is 348 g/mol. The van der Waals surface area contributed by atoms with Crippen LogP contribution >= 0.6 is 0 Å². The summed E-state index contributed by atoms with van der Waals surface area (Å²) >= 11 is 0. The Morgan fingerprint density at radius 2 is 1.11 bits per heavy atom. The summed E-state index contributed by atoms with van der Waals surface area (Å²) in [5.74, 6) is 0. The Bertz CT molecular complexity index is 341. The lowest BCUT2D eigenvalue weighted by Crippen LogP contribution is -2.61. The maximum Gasteiger partial charge on any atom is 0.184 e. The zero-order chi connectivity index (χ0) is 19.9. The van der Waals surface area contributed by atoms with Crippen molar-refractivity contribution >= 4 is 0 Å². The zero-order valence-electron chi connectivity index (χ0n) is 17.6. The summed E-state index contributed by atoms with van der Waals surface area (Å²) in [5, 5.41) is 20.2. The Balaban J connectivity index is 2.75. The monoisotopic (exact) mass is 390 g/mol. The van der Waals surface area contributed by atoms with Crippen molar-refractivity contribution in [2.75, 3.05) is 26.4 Å². The summed E-state index contributed by atoms with van der Waals surface area (Å²) in [6.45, 7) is 7.96. The Kier molecular flexibility index (Phi) is 14.4. The molecule has 27 heavy (non-hydrogen) atoms. The third-order valence-electron chi connectivity index (χ3n) is 4.96. The Hall–Kier alpha value is -0.240. The molecule has 0 amide bonds. The van der Waals surface area contributed by atoms with Crippen molar-refractivity contribution in [1.82, 2.24) is 0 Å². The normalized spacial score (nSPS) is 28.6. The molecule has 5 atom stereocenters. The molecule has 0 aromatic rings. The van der Waals surface area contributed by atoms with Crippen LogP contribution in [0.1, 0.15) is 78.6 Å². The third kappa shape index (κ3) is 9.20. The van der Waals surface area contributed by atoms with E-state index in [0.29, 0.717) is 19.8 Å². The first kappa shape index (κ1) is 24.8. The lowest BCUT2D eigenvalue weighted by atomic mass is 9.98. The van der Waals surface area contributed by atoms with Crippen LogP contribution in [0.15, 0.2) is 0 Å². The molecule has 6 heteroatoms. The van der Waals surface area contributed by atoms with E-state index in [4.69, 9.17) is 18.9 Å². The van der Waals surface area contributed by atoms with Gasteiger partial charge in [0.15, 0.2) is 6.29 Å². The van der Waals surface area contributed by atoms with Crippen molar-refractivity contribution in [3.05, 3.63) is 0 Å². The molecule has 0 saturated carbocycles. The van der Waals surface area contributed by atoms with E-state index in [2.05, 4.69) is 20.8 Å². The van der Waals surface area contributed by atoms with Gasteiger partial charge in [0.2, 0.25) is 0 Å². The van der Waals surface area contributed by atoms with E-state index < -0.39 is 30.7 Å². The Morgan fingerprint density at radius 3 is 1.56 bits per heavy atom. The predicted octanol–water partition coefficient (Wildman–Crippen LogP) is 3.42. The van der Waals surface area contributed by atoms with Crippen molar-refractivity contribution in [3.8, 4) is 0 Å². The highest BCUT2D eigenvalue weighted by molar-refractivity contribution is 4.92. The number of hydrogen-bond acceptors (Lipinski definition) is 6. The lowest BCUT2D eigenvalue weighted by Gasteiger charge is -2.44. The van der Waals surface area contributed by atoms with Gasteiger partial charge in [0.1, 0.15) is 24.4 Å². The minimum atomic E-state index is -1.12. The van der Waals surface area contributed by atoms with Crippen LogP contribution in [0.3, 0.4) is 0 Å². The first-order valence-corrected chi connectivity index (χ1v) is 11.0. The van der Waals surface area contributed by atoms with Crippen molar-refractivity contribution < 1.29 is 29.2 Å². The molecule has 0 radical (unpaired) electrons. The van der Waals surface area contributed by atoms with Crippen molar-refractivity contribution in [1.29, 1.82) is 0 Å². The molecule has 1 aliphatic heterocycles. The largest absolute Gasteiger partial charge is 0.394 e. The van der Waals surface area contributed by atoms with Crippen molar-refractivity contribution in [2.24, 2.45) is 0 Å². The molecule has 0 aromatic carbocycles. The quantitative estimate of drug-likeness (QED) is 0.393. The van der Waals surface area contributed by atoms with Crippen LogP contribution in [-0.4, -0.2) is 67.3 Å². The maximum atomic E-state index is 10.4. The molecular formula is C21H42O6. The van der Waals surface area contributed by atoms with Gasteiger partial charge >= 0.3 is 0 Å². The van der Waals surface area contributed by atoms with E-state index in [1.807, 2.05) is 0 Å². The molecule has 0 spiro atoms. The molecule has 1 heterocycles. The van der Waals surface area contributed by atoms with E-state index in [0.717, 1.165) is 57.8 Å². The van der Waals surface area contributed by atoms with Gasteiger partial charge in [-0.2, -0.15) is 0 Å². The van der Waals surface area contributed by atoms with Crippen LogP contribution in [-0.2, 0) is 18.9 Å². The van der Waals surface area contributed by atoms with E-state index in [9.17, 15) is 10.2 Å². The van der Waals surface area contributed by atoms with Gasteiger partial charge in [-0.15, -0.1) is 0 Å². The number of unbranched alkanes of at least 4 members (excludes halogenated alkanes) is 6. The second kappa shape index (κ2) is 15.7. The minimum absolute atomic E-state index is 0.215. The number of aliphatic hydroxyl groups is 2. The minimum Gasteiger partial charge on any atom is -0.394 e. The highest BCUT2D eigenvalue weighted by atomic mass is 16.7. The second-order valence-electron chi connectivity index (χ2n) is 7.38. The molecule has 2 N–H and O–H groups in total. The number of ether oxygens (including phenoxy) is 4. The van der Waals surface area contributed by atoms with Gasteiger partial charge in [-0.3, -0.25) is 0 Å². The molecule has 0 aromatic heterocycles. The smallest absolute Gasteiger partial charge is 0.184 e. The first-order chi connectivity index (χ1) is 13.2. The Morgan fingerprint density at radius 1 is 0.667 bits per heavy atom. The molecule has 162 valence electrons.